The number of hydrogen-bond acceptors (Lipinski definition) is 6. The normalized spacial score (nSPS) is 15.3. The van der Waals surface area contributed by atoms with Crippen LogP contribution in [0, 0.1) is 0 Å². The number of benzene rings is 2. The van der Waals surface area contributed by atoms with Crippen LogP contribution in [-0.2, 0) is 9.59 Å². The van der Waals surface area contributed by atoms with E-state index in [4.69, 9.17) is 12.2 Å². The minimum absolute atomic E-state index is 0.0685. The van der Waals surface area contributed by atoms with Gasteiger partial charge in [-0.25, -0.2) is 0 Å². The predicted molar refractivity (Wildman–Crippen MR) is 107 cm³/mol. The van der Waals surface area contributed by atoms with E-state index in [0.29, 0.717) is 26.2 Å². The first kappa shape index (κ1) is 18.8. The third-order valence-electron chi connectivity index (χ3n) is 3.68. The Hall–Kier alpha value is -2.97. The molecule has 0 saturated carbocycles. The number of anilines is 2. The van der Waals surface area contributed by atoms with E-state index < -0.39 is 5.97 Å². The standard InChI is InChI=1S/C19H14N2O4S2/c1-11(22)20-14-6-8-15(9-7-14)21-17(23)16(27-19(21)26)10-12-2-4-13(5-3-12)18(24)25/h2-10H,1H3,(H,20,22)(H,24,25)/p-1/b16-10-. The van der Waals surface area contributed by atoms with E-state index in [1.165, 1.54) is 35.7 Å². The highest BCUT2D eigenvalue weighted by atomic mass is 32.2. The van der Waals surface area contributed by atoms with Crippen LogP contribution in [0.3, 0.4) is 0 Å². The van der Waals surface area contributed by atoms with Crippen molar-refractivity contribution in [2.24, 2.45) is 0 Å². The van der Waals surface area contributed by atoms with Gasteiger partial charge < -0.3 is 15.2 Å². The van der Waals surface area contributed by atoms with Crippen LogP contribution in [0.5, 0.6) is 0 Å². The van der Waals surface area contributed by atoms with Gasteiger partial charge in [0, 0.05) is 12.6 Å². The first-order valence-corrected chi connectivity index (χ1v) is 9.04. The summed E-state index contributed by atoms with van der Waals surface area (Å²) in [7, 11) is 0. The second kappa shape index (κ2) is 7.73. The van der Waals surface area contributed by atoms with Crippen molar-refractivity contribution in [1.82, 2.24) is 0 Å². The number of nitrogens with zero attached hydrogens (tertiary/aromatic N) is 1. The summed E-state index contributed by atoms with van der Waals surface area (Å²) in [4.78, 5) is 36.5. The van der Waals surface area contributed by atoms with E-state index >= 15 is 0 Å². The lowest BCUT2D eigenvalue weighted by Gasteiger charge is -2.15. The monoisotopic (exact) mass is 397 g/mol. The van der Waals surface area contributed by atoms with E-state index in [0.717, 1.165) is 0 Å². The quantitative estimate of drug-likeness (QED) is 0.630. The van der Waals surface area contributed by atoms with Gasteiger partial charge in [0.2, 0.25) is 5.91 Å². The number of aromatic carboxylic acids is 1. The molecule has 0 bridgehead atoms. The maximum absolute atomic E-state index is 12.7. The molecule has 2 amide bonds. The van der Waals surface area contributed by atoms with Crippen LogP contribution in [0.1, 0.15) is 22.8 Å². The molecule has 0 aliphatic carbocycles. The molecule has 2 aromatic rings. The molecular formula is C19H13N2O4S2-. The van der Waals surface area contributed by atoms with Crippen molar-refractivity contribution in [3.8, 4) is 0 Å². The molecule has 0 aromatic heterocycles. The zero-order valence-corrected chi connectivity index (χ0v) is 15.7. The van der Waals surface area contributed by atoms with Crippen molar-refractivity contribution < 1.29 is 19.5 Å². The summed E-state index contributed by atoms with van der Waals surface area (Å²) in [6, 6.07) is 12.8. The van der Waals surface area contributed by atoms with Gasteiger partial charge in [0.05, 0.1) is 16.6 Å². The molecule has 6 nitrogen and oxygen atoms in total. The number of carbonyl (C=O) groups is 3. The van der Waals surface area contributed by atoms with Crippen LogP contribution in [0.2, 0.25) is 0 Å². The molecule has 1 saturated heterocycles. The molecule has 3 rings (SSSR count). The third-order valence-corrected chi connectivity index (χ3v) is 4.99. The molecule has 136 valence electrons. The summed E-state index contributed by atoms with van der Waals surface area (Å²) >= 11 is 6.49. The SMILES string of the molecule is CC(=O)Nc1ccc(N2C(=O)/C(=C/c3ccc(C(=O)[O-])cc3)SC2=S)cc1. The molecule has 0 unspecified atom stereocenters. The third kappa shape index (κ3) is 4.24. The zero-order chi connectivity index (χ0) is 19.6. The maximum Gasteiger partial charge on any atom is 0.270 e. The predicted octanol–water partition coefficient (Wildman–Crippen LogP) is 2.41. The summed E-state index contributed by atoms with van der Waals surface area (Å²) in [5, 5.41) is 13.5. The summed E-state index contributed by atoms with van der Waals surface area (Å²) in [6.07, 6.45) is 1.66. The number of carboxylic acid groups (broad SMARTS) is 1. The second-order valence-corrected chi connectivity index (χ2v) is 7.33. The lowest BCUT2D eigenvalue weighted by Crippen LogP contribution is -2.27. The molecule has 1 aliphatic heterocycles. The fourth-order valence-electron chi connectivity index (χ4n) is 2.45. The van der Waals surface area contributed by atoms with Crippen LogP contribution in [0.4, 0.5) is 11.4 Å². The smallest absolute Gasteiger partial charge is 0.270 e. The van der Waals surface area contributed by atoms with Gasteiger partial charge in [-0.15, -0.1) is 0 Å². The summed E-state index contributed by atoms with van der Waals surface area (Å²) in [5.74, 6) is -1.70. The Morgan fingerprint density at radius 1 is 1.11 bits per heavy atom. The van der Waals surface area contributed by atoms with Gasteiger partial charge in [-0.3, -0.25) is 14.5 Å². The molecule has 27 heavy (non-hydrogen) atoms. The summed E-state index contributed by atoms with van der Waals surface area (Å²) in [5.41, 5.74) is 1.98. The van der Waals surface area contributed by atoms with Gasteiger partial charge in [0.1, 0.15) is 0 Å². The van der Waals surface area contributed by atoms with Crippen molar-refractivity contribution in [1.29, 1.82) is 0 Å². The number of amides is 2. The molecule has 1 fully saturated rings. The fourth-order valence-corrected chi connectivity index (χ4v) is 3.75. The van der Waals surface area contributed by atoms with E-state index in [-0.39, 0.29) is 17.4 Å². The lowest BCUT2D eigenvalue weighted by atomic mass is 10.1. The van der Waals surface area contributed by atoms with E-state index in [2.05, 4.69) is 5.32 Å². The highest BCUT2D eigenvalue weighted by molar-refractivity contribution is 8.27. The summed E-state index contributed by atoms with van der Waals surface area (Å²) in [6.45, 7) is 1.42. The van der Waals surface area contributed by atoms with Gasteiger partial charge in [0.25, 0.3) is 5.91 Å². The lowest BCUT2D eigenvalue weighted by molar-refractivity contribution is -0.255. The number of carboxylic acids is 1. The Balaban J connectivity index is 1.82. The minimum atomic E-state index is -1.25. The number of thiocarbonyl (C=S) groups is 1. The van der Waals surface area contributed by atoms with Gasteiger partial charge in [-0.1, -0.05) is 48.2 Å². The molecule has 8 heteroatoms. The van der Waals surface area contributed by atoms with E-state index in [1.54, 1.807) is 42.5 Å². The second-order valence-electron chi connectivity index (χ2n) is 5.65. The number of carbonyl (C=O) groups excluding carboxylic acids is 3. The molecule has 1 heterocycles. The topological polar surface area (TPSA) is 89.5 Å². The number of rotatable bonds is 4. The van der Waals surface area contributed by atoms with Crippen molar-refractivity contribution >= 4 is 63.5 Å². The fraction of sp³-hybridized carbons (Fsp3) is 0.0526. The van der Waals surface area contributed by atoms with E-state index in [9.17, 15) is 19.5 Å². The highest BCUT2D eigenvalue weighted by Crippen LogP contribution is 2.36. The van der Waals surface area contributed by atoms with Crippen LogP contribution in [0.15, 0.2) is 53.4 Å². The first-order chi connectivity index (χ1) is 12.8. The van der Waals surface area contributed by atoms with Crippen LogP contribution < -0.4 is 15.3 Å². The number of thioether (sulfide) groups is 1. The molecule has 0 atom stereocenters. The van der Waals surface area contributed by atoms with Crippen molar-refractivity contribution in [2.75, 3.05) is 10.2 Å². The summed E-state index contributed by atoms with van der Waals surface area (Å²) < 4.78 is 0.393. The molecule has 1 aliphatic rings. The van der Waals surface area contributed by atoms with Crippen molar-refractivity contribution in [3.63, 3.8) is 0 Å². The Kier molecular flexibility index (Phi) is 5.38. The van der Waals surface area contributed by atoms with Crippen LogP contribution in [0.25, 0.3) is 6.08 Å². The Bertz CT molecular complexity index is 966. The minimum Gasteiger partial charge on any atom is -0.545 e. The first-order valence-electron chi connectivity index (χ1n) is 7.82. The Morgan fingerprint density at radius 3 is 2.30 bits per heavy atom. The molecule has 2 aromatic carbocycles. The highest BCUT2D eigenvalue weighted by Gasteiger charge is 2.33. The Labute approximate surface area is 164 Å². The molecular weight excluding hydrogens is 384 g/mol. The number of hydrogen-bond donors (Lipinski definition) is 1. The molecule has 1 N–H and O–H groups in total. The van der Waals surface area contributed by atoms with E-state index in [1.807, 2.05) is 0 Å². The van der Waals surface area contributed by atoms with Crippen molar-refractivity contribution in [2.45, 2.75) is 6.92 Å². The van der Waals surface area contributed by atoms with Crippen LogP contribution in [-0.4, -0.2) is 22.1 Å². The average molecular weight is 397 g/mol. The van der Waals surface area contributed by atoms with Crippen molar-refractivity contribution in [3.05, 3.63) is 64.6 Å². The molecule has 0 radical (unpaired) electrons. The van der Waals surface area contributed by atoms with Gasteiger partial charge >= 0.3 is 0 Å². The zero-order valence-electron chi connectivity index (χ0n) is 14.1. The van der Waals surface area contributed by atoms with Gasteiger partial charge in [-0.05, 0) is 41.5 Å². The largest absolute Gasteiger partial charge is 0.545 e. The number of nitrogens with one attached hydrogen (secondary N) is 1. The van der Waals surface area contributed by atoms with Crippen LogP contribution >= 0.6 is 24.0 Å². The molecule has 0 spiro atoms. The maximum atomic E-state index is 12.7. The van der Waals surface area contributed by atoms with Gasteiger partial charge in [-0.2, -0.15) is 0 Å². The Morgan fingerprint density at radius 2 is 1.74 bits per heavy atom. The van der Waals surface area contributed by atoms with Gasteiger partial charge in [0.15, 0.2) is 4.32 Å². The average Bonchev–Trinajstić information content (AvgIpc) is 2.89.